The monoisotopic (exact) mass is 469 g/mol. The first kappa shape index (κ1) is 25.1. The third-order valence-corrected chi connectivity index (χ3v) is 4.93. The molecule has 9 heteroatoms. The van der Waals surface area contributed by atoms with E-state index in [9.17, 15) is 19.8 Å². The van der Waals surface area contributed by atoms with Crippen molar-refractivity contribution in [2.24, 2.45) is 0 Å². The van der Waals surface area contributed by atoms with Crippen LogP contribution in [0.15, 0.2) is 42.5 Å². The van der Waals surface area contributed by atoms with Crippen LogP contribution in [0, 0.1) is 0 Å². The van der Waals surface area contributed by atoms with Crippen LogP contribution in [0.3, 0.4) is 0 Å². The lowest BCUT2D eigenvalue weighted by Crippen LogP contribution is -2.53. The Morgan fingerprint density at radius 1 is 1.03 bits per heavy atom. The number of methoxy groups -OCH3 is 1. The van der Waals surface area contributed by atoms with E-state index in [1.807, 2.05) is 24.3 Å². The number of carbonyl (C=O) groups is 2. The average Bonchev–Trinajstić information content (AvgIpc) is 2.72. The summed E-state index contributed by atoms with van der Waals surface area (Å²) >= 11 is 12.1. The predicted molar refractivity (Wildman–Crippen MR) is 118 cm³/mol. The van der Waals surface area contributed by atoms with Crippen LogP contribution in [0.25, 0.3) is 11.1 Å². The van der Waals surface area contributed by atoms with E-state index < -0.39 is 30.1 Å². The Labute approximate surface area is 190 Å². The Hall–Kier alpha value is -2.16. The summed E-state index contributed by atoms with van der Waals surface area (Å²) in [5, 5.41) is 24.3. The van der Waals surface area contributed by atoms with Gasteiger partial charge in [-0.1, -0.05) is 47.5 Å². The number of aliphatic hydroxyl groups excluding tert-OH is 2. The summed E-state index contributed by atoms with van der Waals surface area (Å²) in [6.07, 6.45) is -3.23. The maximum atomic E-state index is 12.0. The van der Waals surface area contributed by atoms with Crippen molar-refractivity contribution in [3.63, 3.8) is 0 Å². The van der Waals surface area contributed by atoms with E-state index >= 15 is 0 Å². The second-order valence-corrected chi connectivity index (χ2v) is 7.73. The third kappa shape index (κ3) is 7.48. The SMILES string of the molecule is CCOC(=O)[C@H](O)[C@@H](O)[C@@H](Cc1ccc(-c2cc(Cl)cc(Cl)c2)cc1)NC(=O)COC. The van der Waals surface area contributed by atoms with E-state index in [4.69, 9.17) is 32.7 Å². The highest BCUT2D eigenvalue weighted by Crippen LogP contribution is 2.27. The summed E-state index contributed by atoms with van der Waals surface area (Å²) < 4.78 is 9.55. The molecule has 0 radical (unpaired) electrons. The number of nitrogens with one attached hydrogen (secondary N) is 1. The maximum Gasteiger partial charge on any atom is 0.337 e. The van der Waals surface area contributed by atoms with E-state index in [1.54, 1.807) is 25.1 Å². The summed E-state index contributed by atoms with van der Waals surface area (Å²) in [5.74, 6) is -1.46. The number of ether oxygens (including phenoxy) is 2. The molecule has 0 unspecified atom stereocenters. The Bertz CT molecular complexity index is 870. The van der Waals surface area contributed by atoms with Gasteiger partial charge in [0.05, 0.1) is 12.6 Å². The maximum absolute atomic E-state index is 12.0. The minimum Gasteiger partial charge on any atom is -0.464 e. The highest BCUT2D eigenvalue weighted by molar-refractivity contribution is 6.35. The molecule has 0 fully saturated rings. The molecule has 168 valence electrons. The van der Waals surface area contributed by atoms with Gasteiger partial charge in [0.2, 0.25) is 5.91 Å². The molecule has 0 bridgehead atoms. The molecule has 0 saturated heterocycles. The molecule has 0 spiro atoms. The molecule has 7 nitrogen and oxygen atoms in total. The third-order valence-electron chi connectivity index (χ3n) is 4.49. The lowest BCUT2D eigenvalue weighted by Gasteiger charge is -2.27. The average molecular weight is 470 g/mol. The lowest BCUT2D eigenvalue weighted by atomic mass is 9.96. The summed E-state index contributed by atoms with van der Waals surface area (Å²) in [4.78, 5) is 23.8. The normalized spacial score (nSPS) is 13.9. The topological polar surface area (TPSA) is 105 Å². The number of rotatable bonds is 10. The molecule has 2 rings (SSSR count). The molecule has 2 aromatic rings. The zero-order valence-electron chi connectivity index (χ0n) is 17.2. The Morgan fingerprint density at radius 3 is 2.19 bits per heavy atom. The Kier molecular flexibility index (Phi) is 9.74. The standard InChI is InChI=1S/C22H25Cl2NO6/c1-3-31-22(29)21(28)20(27)18(25-19(26)12-30-2)8-13-4-6-14(7-5-13)15-9-16(23)11-17(24)10-15/h4-7,9-11,18,20-21,27-28H,3,8,12H2,1-2H3,(H,25,26)/t18-,20+,21-/m1/s1. The van der Waals surface area contributed by atoms with Crippen molar-refractivity contribution in [3.8, 4) is 11.1 Å². The molecule has 3 N–H and O–H groups in total. The van der Waals surface area contributed by atoms with Crippen LogP contribution in [0.2, 0.25) is 10.0 Å². The summed E-state index contributed by atoms with van der Waals surface area (Å²) in [6, 6.07) is 11.6. The van der Waals surface area contributed by atoms with Crippen LogP contribution >= 0.6 is 23.2 Å². The van der Waals surface area contributed by atoms with Crippen molar-refractivity contribution < 1.29 is 29.3 Å². The summed E-state index contributed by atoms with van der Waals surface area (Å²) in [7, 11) is 1.36. The fourth-order valence-corrected chi connectivity index (χ4v) is 3.56. The van der Waals surface area contributed by atoms with Crippen LogP contribution in [-0.4, -0.2) is 60.7 Å². The van der Waals surface area contributed by atoms with Crippen molar-refractivity contribution in [2.45, 2.75) is 31.6 Å². The van der Waals surface area contributed by atoms with Crippen molar-refractivity contribution >= 4 is 35.1 Å². The molecular weight excluding hydrogens is 445 g/mol. The first-order valence-electron chi connectivity index (χ1n) is 9.61. The second-order valence-electron chi connectivity index (χ2n) is 6.85. The van der Waals surface area contributed by atoms with Gasteiger partial charge < -0.3 is 25.0 Å². The van der Waals surface area contributed by atoms with E-state index in [-0.39, 0.29) is 19.6 Å². The molecule has 2 aromatic carbocycles. The number of halogens is 2. The molecule has 0 aromatic heterocycles. The molecule has 0 saturated carbocycles. The van der Waals surface area contributed by atoms with Gasteiger partial charge >= 0.3 is 5.97 Å². The highest BCUT2D eigenvalue weighted by atomic mass is 35.5. The van der Waals surface area contributed by atoms with Crippen LogP contribution in [0.4, 0.5) is 0 Å². The number of esters is 1. The Morgan fingerprint density at radius 2 is 1.65 bits per heavy atom. The van der Waals surface area contributed by atoms with Gasteiger partial charge in [0.15, 0.2) is 6.10 Å². The van der Waals surface area contributed by atoms with Crippen LogP contribution in [0.1, 0.15) is 12.5 Å². The van der Waals surface area contributed by atoms with Crippen molar-refractivity contribution in [2.75, 3.05) is 20.3 Å². The fourth-order valence-electron chi connectivity index (χ4n) is 3.03. The first-order chi connectivity index (χ1) is 14.7. The van der Waals surface area contributed by atoms with E-state index in [1.165, 1.54) is 7.11 Å². The minimum absolute atomic E-state index is 0.0539. The number of hydrogen-bond acceptors (Lipinski definition) is 6. The van der Waals surface area contributed by atoms with Crippen LogP contribution in [-0.2, 0) is 25.5 Å². The Balaban J connectivity index is 2.20. The van der Waals surface area contributed by atoms with E-state index in [0.29, 0.717) is 10.0 Å². The van der Waals surface area contributed by atoms with E-state index in [0.717, 1.165) is 16.7 Å². The number of carbonyl (C=O) groups excluding carboxylic acids is 2. The van der Waals surface area contributed by atoms with Gasteiger partial charge in [-0.2, -0.15) is 0 Å². The number of aliphatic hydroxyl groups is 2. The number of hydrogen-bond donors (Lipinski definition) is 3. The number of amides is 1. The molecule has 0 aliphatic heterocycles. The smallest absolute Gasteiger partial charge is 0.337 e. The van der Waals surface area contributed by atoms with Gasteiger partial charge in [-0.05, 0) is 48.2 Å². The molecule has 31 heavy (non-hydrogen) atoms. The zero-order chi connectivity index (χ0) is 23.0. The van der Waals surface area contributed by atoms with Gasteiger partial charge in [0.25, 0.3) is 0 Å². The number of benzene rings is 2. The zero-order valence-corrected chi connectivity index (χ0v) is 18.7. The second kappa shape index (κ2) is 12.0. The molecule has 1 amide bonds. The first-order valence-corrected chi connectivity index (χ1v) is 10.4. The predicted octanol–water partition coefficient (Wildman–Crippen LogP) is 2.62. The van der Waals surface area contributed by atoms with Crippen LogP contribution < -0.4 is 5.32 Å². The van der Waals surface area contributed by atoms with Crippen molar-refractivity contribution in [3.05, 3.63) is 58.1 Å². The van der Waals surface area contributed by atoms with Gasteiger partial charge in [-0.25, -0.2) is 4.79 Å². The molecule has 0 heterocycles. The molecule has 0 aliphatic rings. The van der Waals surface area contributed by atoms with Gasteiger partial charge in [-0.15, -0.1) is 0 Å². The van der Waals surface area contributed by atoms with Crippen molar-refractivity contribution in [1.82, 2.24) is 5.32 Å². The molecule has 0 aliphatic carbocycles. The summed E-state index contributed by atoms with van der Waals surface area (Å²) in [6.45, 7) is 1.41. The van der Waals surface area contributed by atoms with Gasteiger partial charge in [0, 0.05) is 17.2 Å². The van der Waals surface area contributed by atoms with Crippen molar-refractivity contribution in [1.29, 1.82) is 0 Å². The largest absolute Gasteiger partial charge is 0.464 e. The molecule has 3 atom stereocenters. The minimum atomic E-state index is -1.80. The van der Waals surface area contributed by atoms with Gasteiger partial charge in [-0.3, -0.25) is 4.79 Å². The molecular formula is C22H25Cl2NO6. The van der Waals surface area contributed by atoms with Crippen LogP contribution in [0.5, 0.6) is 0 Å². The highest BCUT2D eigenvalue weighted by Gasteiger charge is 2.33. The van der Waals surface area contributed by atoms with E-state index in [2.05, 4.69) is 5.32 Å². The van der Waals surface area contributed by atoms with Gasteiger partial charge in [0.1, 0.15) is 12.7 Å². The summed E-state index contributed by atoms with van der Waals surface area (Å²) in [5.41, 5.74) is 2.47. The lowest BCUT2D eigenvalue weighted by molar-refractivity contribution is -0.161. The quantitative estimate of drug-likeness (QED) is 0.462. The fraction of sp³-hybridized carbons (Fsp3) is 0.364.